The Kier molecular flexibility index (Phi) is 4.07. The van der Waals surface area contributed by atoms with Crippen LogP contribution in [0.2, 0.25) is 0 Å². The maximum atomic E-state index is 12.1. The van der Waals surface area contributed by atoms with E-state index < -0.39 is 0 Å². The molecule has 0 spiro atoms. The number of amides is 1. The number of carbonyl (C=O) groups is 1. The fourth-order valence-corrected chi connectivity index (χ4v) is 2.24. The molecule has 1 aliphatic heterocycles. The number of alkyl halides is 1. The summed E-state index contributed by atoms with van der Waals surface area (Å²) in [6.07, 6.45) is 0. The predicted octanol–water partition coefficient (Wildman–Crippen LogP) is 1.58. The van der Waals surface area contributed by atoms with E-state index >= 15 is 0 Å². The standard InChI is InChI=1S/C12H17ClN2O2/c1-10-2-3-11(17-10)12(16)15-8-6-14(5-4-13)7-9-15/h2-3H,4-9H2,1H3. The lowest BCUT2D eigenvalue weighted by Crippen LogP contribution is -2.49. The molecule has 0 saturated carbocycles. The van der Waals surface area contributed by atoms with E-state index in [-0.39, 0.29) is 5.91 Å². The lowest BCUT2D eigenvalue weighted by molar-refractivity contribution is 0.0612. The number of aryl methyl sites for hydroxylation is 1. The quantitative estimate of drug-likeness (QED) is 0.771. The smallest absolute Gasteiger partial charge is 0.289 e. The largest absolute Gasteiger partial charge is 0.456 e. The van der Waals surface area contributed by atoms with Crippen molar-refractivity contribution in [3.05, 3.63) is 23.7 Å². The van der Waals surface area contributed by atoms with Crippen LogP contribution in [0.4, 0.5) is 0 Å². The number of piperazine rings is 1. The summed E-state index contributed by atoms with van der Waals surface area (Å²) in [7, 11) is 0. The molecule has 94 valence electrons. The van der Waals surface area contributed by atoms with E-state index in [1.165, 1.54) is 0 Å². The summed E-state index contributed by atoms with van der Waals surface area (Å²) in [6, 6.07) is 3.56. The first-order chi connectivity index (χ1) is 8.20. The molecule has 17 heavy (non-hydrogen) atoms. The molecule has 5 heteroatoms. The van der Waals surface area contributed by atoms with Crippen molar-refractivity contribution in [1.82, 2.24) is 9.80 Å². The Morgan fingerprint density at radius 2 is 2.06 bits per heavy atom. The third-order valence-corrected chi connectivity index (χ3v) is 3.18. The molecule has 0 radical (unpaired) electrons. The minimum atomic E-state index is -0.0105. The molecule has 0 N–H and O–H groups in total. The average Bonchev–Trinajstić information content (AvgIpc) is 2.76. The van der Waals surface area contributed by atoms with Gasteiger partial charge in [-0.05, 0) is 19.1 Å². The van der Waals surface area contributed by atoms with Gasteiger partial charge in [-0.15, -0.1) is 11.6 Å². The van der Waals surface area contributed by atoms with Gasteiger partial charge in [0.25, 0.3) is 5.91 Å². The van der Waals surface area contributed by atoms with E-state index in [9.17, 15) is 4.79 Å². The SMILES string of the molecule is Cc1ccc(C(=O)N2CCN(CCCl)CC2)o1. The molecule has 1 aliphatic rings. The highest BCUT2D eigenvalue weighted by atomic mass is 35.5. The van der Waals surface area contributed by atoms with Crippen LogP contribution in [0.25, 0.3) is 0 Å². The van der Waals surface area contributed by atoms with Crippen molar-refractivity contribution in [2.45, 2.75) is 6.92 Å². The van der Waals surface area contributed by atoms with Crippen LogP contribution in [0, 0.1) is 6.92 Å². The van der Waals surface area contributed by atoms with Crippen LogP contribution >= 0.6 is 11.6 Å². The lowest BCUT2D eigenvalue weighted by Gasteiger charge is -2.33. The predicted molar refractivity (Wildman–Crippen MR) is 66.5 cm³/mol. The molecule has 1 saturated heterocycles. The Morgan fingerprint density at radius 3 is 2.59 bits per heavy atom. The van der Waals surface area contributed by atoms with Crippen LogP contribution in [0.3, 0.4) is 0 Å². The van der Waals surface area contributed by atoms with E-state index in [0.717, 1.165) is 38.5 Å². The van der Waals surface area contributed by atoms with Crippen LogP contribution in [0.15, 0.2) is 16.5 Å². The van der Waals surface area contributed by atoms with E-state index in [2.05, 4.69) is 4.90 Å². The average molecular weight is 257 g/mol. The van der Waals surface area contributed by atoms with Crippen molar-refractivity contribution >= 4 is 17.5 Å². The first kappa shape index (κ1) is 12.5. The van der Waals surface area contributed by atoms with Gasteiger partial charge < -0.3 is 9.32 Å². The van der Waals surface area contributed by atoms with E-state index in [0.29, 0.717) is 11.6 Å². The Bertz CT molecular complexity index is 384. The topological polar surface area (TPSA) is 36.7 Å². The lowest BCUT2D eigenvalue weighted by atomic mass is 10.3. The van der Waals surface area contributed by atoms with Gasteiger partial charge in [-0.3, -0.25) is 9.69 Å². The summed E-state index contributed by atoms with van der Waals surface area (Å²) in [5, 5.41) is 0. The zero-order chi connectivity index (χ0) is 12.3. The second kappa shape index (κ2) is 5.56. The van der Waals surface area contributed by atoms with E-state index in [1.807, 2.05) is 17.9 Å². The minimum absolute atomic E-state index is 0.0105. The number of furan rings is 1. The highest BCUT2D eigenvalue weighted by molar-refractivity contribution is 6.18. The second-order valence-corrected chi connectivity index (χ2v) is 4.61. The Hall–Kier alpha value is -1.00. The molecule has 1 amide bonds. The molecule has 1 aromatic heterocycles. The molecule has 0 aromatic carbocycles. The first-order valence-electron chi connectivity index (χ1n) is 5.85. The number of carbonyl (C=O) groups excluding carboxylic acids is 1. The summed E-state index contributed by atoms with van der Waals surface area (Å²) in [6.45, 7) is 6.00. The van der Waals surface area contributed by atoms with E-state index in [4.69, 9.17) is 16.0 Å². The molecule has 0 atom stereocenters. The molecule has 2 rings (SSSR count). The van der Waals surface area contributed by atoms with Crippen LogP contribution in [0.5, 0.6) is 0 Å². The Morgan fingerprint density at radius 1 is 1.35 bits per heavy atom. The number of halogens is 1. The van der Waals surface area contributed by atoms with Crippen LogP contribution in [-0.4, -0.2) is 54.3 Å². The van der Waals surface area contributed by atoms with Gasteiger partial charge >= 0.3 is 0 Å². The van der Waals surface area contributed by atoms with Gasteiger partial charge in [0.2, 0.25) is 0 Å². The van der Waals surface area contributed by atoms with Gasteiger partial charge in [-0.2, -0.15) is 0 Å². The second-order valence-electron chi connectivity index (χ2n) is 4.23. The molecule has 2 heterocycles. The zero-order valence-corrected chi connectivity index (χ0v) is 10.7. The maximum absolute atomic E-state index is 12.1. The Labute approximate surface area is 106 Å². The van der Waals surface area contributed by atoms with Crippen LogP contribution < -0.4 is 0 Å². The van der Waals surface area contributed by atoms with Crippen molar-refractivity contribution in [3.8, 4) is 0 Å². The van der Waals surface area contributed by atoms with Crippen molar-refractivity contribution in [2.24, 2.45) is 0 Å². The normalized spacial score (nSPS) is 17.4. The minimum Gasteiger partial charge on any atom is -0.456 e. The molecule has 0 aliphatic carbocycles. The highest BCUT2D eigenvalue weighted by Crippen LogP contribution is 2.11. The van der Waals surface area contributed by atoms with Gasteiger partial charge in [0.05, 0.1) is 0 Å². The summed E-state index contributed by atoms with van der Waals surface area (Å²) < 4.78 is 5.35. The summed E-state index contributed by atoms with van der Waals surface area (Å²) in [4.78, 5) is 16.2. The number of hydrogen-bond donors (Lipinski definition) is 0. The molecule has 1 aromatic rings. The first-order valence-corrected chi connectivity index (χ1v) is 6.38. The number of hydrogen-bond acceptors (Lipinski definition) is 3. The Balaban J connectivity index is 1.90. The van der Waals surface area contributed by atoms with Gasteiger partial charge in [0, 0.05) is 38.6 Å². The fraction of sp³-hybridized carbons (Fsp3) is 0.583. The monoisotopic (exact) mass is 256 g/mol. The van der Waals surface area contributed by atoms with Crippen molar-refractivity contribution < 1.29 is 9.21 Å². The fourth-order valence-electron chi connectivity index (χ4n) is 2.00. The summed E-state index contributed by atoms with van der Waals surface area (Å²) in [5.41, 5.74) is 0. The van der Waals surface area contributed by atoms with E-state index in [1.54, 1.807) is 6.07 Å². The van der Waals surface area contributed by atoms with Gasteiger partial charge in [0.15, 0.2) is 5.76 Å². The molecule has 0 unspecified atom stereocenters. The van der Waals surface area contributed by atoms with Gasteiger partial charge in [0.1, 0.15) is 5.76 Å². The van der Waals surface area contributed by atoms with Crippen molar-refractivity contribution in [1.29, 1.82) is 0 Å². The summed E-state index contributed by atoms with van der Waals surface area (Å²) in [5.74, 6) is 1.84. The maximum Gasteiger partial charge on any atom is 0.289 e. The van der Waals surface area contributed by atoms with Gasteiger partial charge in [-0.25, -0.2) is 0 Å². The molecule has 0 bridgehead atoms. The van der Waals surface area contributed by atoms with Crippen molar-refractivity contribution in [3.63, 3.8) is 0 Å². The van der Waals surface area contributed by atoms with Gasteiger partial charge in [-0.1, -0.05) is 0 Å². The molecular weight excluding hydrogens is 240 g/mol. The number of nitrogens with zero attached hydrogens (tertiary/aromatic N) is 2. The zero-order valence-electron chi connectivity index (χ0n) is 9.99. The number of rotatable bonds is 3. The molecule has 1 fully saturated rings. The van der Waals surface area contributed by atoms with Crippen LogP contribution in [0.1, 0.15) is 16.3 Å². The molecule has 4 nitrogen and oxygen atoms in total. The third kappa shape index (κ3) is 3.01. The molecular formula is C12H17ClN2O2. The summed E-state index contributed by atoms with van der Waals surface area (Å²) >= 11 is 5.70. The van der Waals surface area contributed by atoms with Crippen LogP contribution in [-0.2, 0) is 0 Å². The van der Waals surface area contributed by atoms with Crippen molar-refractivity contribution in [2.75, 3.05) is 38.6 Å². The highest BCUT2D eigenvalue weighted by Gasteiger charge is 2.23. The third-order valence-electron chi connectivity index (χ3n) is 3.01.